The highest BCUT2D eigenvalue weighted by Crippen LogP contribution is 2.24. The Bertz CT molecular complexity index is 661. The Morgan fingerprint density at radius 1 is 1.39 bits per heavy atom. The second kappa shape index (κ2) is 6.68. The highest BCUT2D eigenvalue weighted by molar-refractivity contribution is 5.22. The van der Waals surface area contributed by atoms with Gasteiger partial charge in [-0.3, -0.25) is 9.58 Å². The number of aliphatic hydroxyl groups is 1. The molecule has 1 aromatic heterocycles. The van der Waals surface area contributed by atoms with E-state index in [1.54, 1.807) is 18.3 Å². The molecule has 1 unspecified atom stereocenters. The van der Waals surface area contributed by atoms with Crippen molar-refractivity contribution in [1.29, 1.82) is 0 Å². The second-order valence-electron chi connectivity index (χ2n) is 6.23. The van der Waals surface area contributed by atoms with E-state index in [4.69, 9.17) is 4.74 Å². The average molecular weight is 319 g/mol. The number of aryl methyl sites for hydroxylation is 1. The third-order valence-electron chi connectivity index (χ3n) is 4.25. The van der Waals surface area contributed by atoms with Crippen LogP contribution in [-0.2, 0) is 13.6 Å². The Kier molecular flexibility index (Phi) is 4.63. The lowest BCUT2D eigenvalue weighted by Crippen LogP contribution is -2.51. The zero-order valence-electron chi connectivity index (χ0n) is 13.3. The lowest BCUT2D eigenvalue weighted by atomic mass is 9.93. The molecular formula is C17H22FN3O2. The van der Waals surface area contributed by atoms with Crippen molar-refractivity contribution in [2.75, 3.05) is 19.7 Å². The molecule has 3 rings (SSSR count). The van der Waals surface area contributed by atoms with Gasteiger partial charge in [-0.15, -0.1) is 0 Å². The minimum Gasteiger partial charge on any atom is -0.490 e. The molecule has 1 aliphatic heterocycles. The Morgan fingerprint density at radius 3 is 3.00 bits per heavy atom. The predicted molar refractivity (Wildman–Crippen MR) is 84.6 cm³/mol. The fraction of sp³-hybridized carbons (Fsp3) is 0.471. The first-order valence-corrected chi connectivity index (χ1v) is 7.84. The standard InChI is InChI=1S/C17H22FN3O2/c1-20-15(6-8-19-20)11-21-9-3-7-17(22,12-21)13-23-16-5-2-4-14(18)10-16/h2,4-6,8,10,22H,3,7,9,11-13H2,1H3. The highest BCUT2D eigenvalue weighted by Gasteiger charge is 2.34. The number of benzene rings is 1. The van der Waals surface area contributed by atoms with Crippen LogP contribution in [0.4, 0.5) is 4.39 Å². The van der Waals surface area contributed by atoms with E-state index in [0.717, 1.165) is 25.2 Å². The average Bonchev–Trinajstić information content (AvgIpc) is 2.91. The van der Waals surface area contributed by atoms with Crippen LogP contribution in [-0.4, -0.2) is 45.1 Å². The van der Waals surface area contributed by atoms with Gasteiger partial charge in [-0.25, -0.2) is 4.39 Å². The summed E-state index contributed by atoms with van der Waals surface area (Å²) in [5.41, 5.74) is 0.198. The first-order valence-electron chi connectivity index (χ1n) is 7.84. The monoisotopic (exact) mass is 319 g/mol. The molecule has 124 valence electrons. The van der Waals surface area contributed by atoms with Crippen molar-refractivity contribution in [3.63, 3.8) is 0 Å². The van der Waals surface area contributed by atoms with Gasteiger partial charge in [0, 0.05) is 32.4 Å². The summed E-state index contributed by atoms with van der Waals surface area (Å²) in [5.74, 6) is 0.109. The summed E-state index contributed by atoms with van der Waals surface area (Å²) in [7, 11) is 1.92. The van der Waals surface area contributed by atoms with Crippen LogP contribution in [0.15, 0.2) is 36.5 Å². The summed E-state index contributed by atoms with van der Waals surface area (Å²) in [6.07, 6.45) is 3.36. The first-order chi connectivity index (χ1) is 11.0. The Hall–Kier alpha value is -1.92. The Morgan fingerprint density at radius 2 is 2.26 bits per heavy atom. The molecule has 1 N–H and O–H groups in total. The van der Waals surface area contributed by atoms with Gasteiger partial charge >= 0.3 is 0 Å². The normalized spacial score (nSPS) is 22.2. The van der Waals surface area contributed by atoms with Crippen molar-refractivity contribution in [3.8, 4) is 5.75 Å². The van der Waals surface area contributed by atoms with Crippen molar-refractivity contribution in [2.24, 2.45) is 7.05 Å². The summed E-state index contributed by atoms with van der Waals surface area (Å²) in [4.78, 5) is 2.20. The maximum absolute atomic E-state index is 13.2. The zero-order chi connectivity index (χ0) is 16.3. The Labute approximate surface area is 135 Å². The lowest BCUT2D eigenvalue weighted by Gasteiger charge is -2.38. The van der Waals surface area contributed by atoms with Crippen molar-refractivity contribution in [1.82, 2.24) is 14.7 Å². The molecule has 1 saturated heterocycles. The molecule has 0 radical (unpaired) electrons. The SMILES string of the molecule is Cn1nccc1CN1CCCC(O)(COc2cccc(F)c2)C1. The number of nitrogens with zero attached hydrogens (tertiary/aromatic N) is 3. The van der Waals surface area contributed by atoms with Gasteiger partial charge in [0.25, 0.3) is 0 Å². The van der Waals surface area contributed by atoms with Crippen molar-refractivity contribution in [3.05, 3.63) is 48.0 Å². The highest BCUT2D eigenvalue weighted by atomic mass is 19.1. The molecule has 1 fully saturated rings. The van der Waals surface area contributed by atoms with Gasteiger partial charge < -0.3 is 9.84 Å². The van der Waals surface area contributed by atoms with Crippen LogP contribution in [0.1, 0.15) is 18.5 Å². The number of rotatable bonds is 5. The van der Waals surface area contributed by atoms with Gasteiger partial charge in [0.05, 0.1) is 5.69 Å². The molecule has 0 aliphatic carbocycles. The number of piperidine rings is 1. The van der Waals surface area contributed by atoms with Gasteiger partial charge in [0.1, 0.15) is 23.8 Å². The van der Waals surface area contributed by atoms with Gasteiger partial charge in [-0.05, 0) is 37.6 Å². The third kappa shape index (κ3) is 4.09. The molecule has 5 nitrogen and oxygen atoms in total. The number of hydrogen-bond donors (Lipinski definition) is 1. The fourth-order valence-corrected chi connectivity index (χ4v) is 3.02. The first kappa shape index (κ1) is 16.0. The van der Waals surface area contributed by atoms with E-state index < -0.39 is 5.60 Å². The van der Waals surface area contributed by atoms with E-state index in [-0.39, 0.29) is 12.4 Å². The molecule has 0 bridgehead atoms. The van der Waals surface area contributed by atoms with Gasteiger partial charge in [-0.1, -0.05) is 6.07 Å². The predicted octanol–water partition coefficient (Wildman–Crippen LogP) is 1.97. The summed E-state index contributed by atoms with van der Waals surface area (Å²) in [6.45, 7) is 2.39. The van der Waals surface area contributed by atoms with E-state index in [1.165, 1.54) is 12.1 Å². The molecule has 2 heterocycles. The van der Waals surface area contributed by atoms with E-state index in [0.29, 0.717) is 18.7 Å². The number of likely N-dealkylation sites (tertiary alicyclic amines) is 1. The Balaban J connectivity index is 1.59. The molecule has 6 heteroatoms. The topological polar surface area (TPSA) is 50.5 Å². The van der Waals surface area contributed by atoms with E-state index in [9.17, 15) is 9.50 Å². The third-order valence-corrected chi connectivity index (χ3v) is 4.25. The van der Waals surface area contributed by atoms with Crippen LogP contribution in [0.3, 0.4) is 0 Å². The van der Waals surface area contributed by atoms with Gasteiger partial charge in [-0.2, -0.15) is 5.10 Å². The number of β-amino-alcohol motifs (C(OH)–C–C–N with tert-alkyl or cyclic N) is 1. The summed E-state index contributed by atoms with van der Waals surface area (Å²) >= 11 is 0. The van der Waals surface area contributed by atoms with Gasteiger partial charge in [0.15, 0.2) is 0 Å². The van der Waals surface area contributed by atoms with Crippen LogP contribution >= 0.6 is 0 Å². The minimum absolute atomic E-state index is 0.165. The van der Waals surface area contributed by atoms with E-state index in [1.807, 2.05) is 17.8 Å². The maximum Gasteiger partial charge on any atom is 0.126 e. The molecule has 1 atom stereocenters. The fourth-order valence-electron chi connectivity index (χ4n) is 3.02. The van der Waals surface area contributed by atoms with Crippen LogP contribution in [0.5, 0.6) is 5.75 Å². The van der Waals surface area contributed by atoms with Crippen molar-refractivity contribution < 1.29 is 14.2 Å². The smallest absolute Gasteiger partial charge is 0.126 e. The molecule has 0 amide bonds. The molecule has 23 heavy (non-hydrogen) atoms. The van der Waals surface area contributed by atoms with Gasteiger partial charge in [0.2, 0.25) is 0 Å². The summed E-state index contributed by atoms with van der Waals surface area (Å²) in [6, 6.07) is 7.99. The molecule has 1 aliphatic rings. The van der Waals surface area contributed by atoms with E-state index >= 15 is 0 Å². The summed E-state index contributed by atoms with van der Waals surface area (Å²) < 4.78 is 20.6. The van der Waals surface area contributed by atoms with Crippen LogP contribution in [0, 0.1) is 5.82 Å². The molecule has 2 aromatic rings. The quantitative estimate of drug-likeness (QED) is 0.915. The van der Waals surface area contributed by atoms with E-state index in [2.05, 4.69) is 10.00 Å². The second-order valence-corrected chi connectivity index (χ2v) is 6.23. The number of hydrogen-bond acceptors (Lipinski definition) is 4. The van der Waals surface area contributed by atoms with Crippen molar-refractivity contribution >= 4 is 0 Å². The summed E-state index contributed by atoms with van der Waals surface area (Å²) in [5, 5.41) is 15.0. The minimum atomic E-state index is -0.914. The van der Waals surface area contributed by atoms with Crippen molar-refractivity contribution in [2.45, 2.75) is 25.0 Å². The molecule has 0 saturated carbocycles. The molecule has 1 aromatic carbocycles. The largest absolute Gasteiger partial charge is 0.490 e. The van der Waals surface area contributed by atoms with Crippen LogP contribution < -0.4 is 4.74 Å². The zero-order valence-corrected chi connectivity index (χ0v) is 13.3. The van der Waals surface area contributed by atoms with Crippen LogP contribution in [0.25, 0.3) is 0 Å². The molecular weight excluding hydrogens is 297 g/mol. The lowest BCUT2D eigenvalue weighted by molar-refractivity contribution is -0.0625. The van der Waals surface area contributed by atoms with Crippen LogP contribution in [0.2, 0.25) is 0 Å². The number of halogens is 1. The number of aromatic nitrogens is 2. The number of ether oxygens (including phenoxy) is 1. The maximum atomic E-state index is 13.2. The molecule has 0 spiro atoms.